The Kier molecular flexibility index (Phi) is 5.07. The van der Waals surface area contributed by atoms with Crippen LogP contribution in [0.25, 0.3) is 0 Å². The molecule has 0 bridgehead atoms. The number of esters is 1. The zero-order valence-electron chi connectivity index (χ0n) is 12.2. The summed E-state index contributed by atoms with van der Waals surface area (Å²) in [5.41, 5.74) is -0.173. The maximum absolute atomic E-state index is 13.7. The number of nitriles is 1. The Labute approximate surface area is 127 Å². The molecule has 1 aromatic carbocycles. The van der Waals surface area contributed by atoms with E-state index in [1.165, 1.54) is 12.1 Å². The minimum Gasteiger partial charge on any atom is -0.452 e. The number of halogens is 1. The standard InChI is InChI=1S/C15H16FN3O3/c1-18-4-6-19(7-5-18)14(20)10-22-15(21)12-3-2-11(9-17)8-13(12)16/h2-3,8H,4-7,10H2,1H3. The van der Waals surface area contributed by atoms with Crippen LogP contribution in [0.3, 0.4) is 0 Å². The SMILES string of the molecule is CN1CCN(C(=O)COC(=O)c2ccc(C#N)cc2F)CC1. The van der Waals surface area contributed by atoms with Crippen LogP contribution in [0.5, 0.6) is 0 Å². The molecule has 6 nitrogen and oxygen atoms in total. The summed E-state index contributed by atoms with van der Waals surface area (Å²) in [6.07, 6.45) is 0. The Hall–Kier alpha value is -2.46. The molecule has 0 saturated carbocycles. The fraction of sp³-hybridized carbons (Fsp3) is 0.400. The van der Waals surface area contributed by atoms with Gasteiger partial charge in [0.05, 0.1) is 17.2 Å². The van der Waals surface area contributed by atoms with Crippen molar-refractivity contribution in [3.63, 3.8) is 0 Å². The van der Waals surface area contributed by atoms with Gasteiger partial charge in [-0.05, 0) is 25.2 Å². The molecule has 0 N–H and O–H groups in total. The third kappa shape index (κ3) is 3.80. The van der Waals surface area contributed by atoms with Gasteiger partial charge in [-0.3, -0.25) is 4.79 Å². The van der Waals surface area contributed by atoms with E-state index in [4.69, 9.17) is 10.00 Å². The lowest BCUT2D eigenvalue weighted by Gasteiger charge is -2.32. The number of benzene rings is 1. The molecule has 0 radical (unpaired) electrons. The molecule has 1 aromatic rings. The van der Waals surface area contributed by atoms with Gasteiger partial charge in [0.15, 0.2) is 6.61 Å². The summed E-state index contributed by atoms with van der Waals surface area (Å²) in [4.78, 5) is 27.4. The highest BCUT2D eigenvalue weighted by Crippen LogP contribution is 2.11. The van der Waals surface area contributed by atoms with Gasteiger partial charge in [-0.25, -0.2) is 9.18 Å². The van der Waals surface area contributed by atoms with Crippen LogP contribution in [0.4, 0.5) is 4.39 Å². The second-order valence-corrected chi connectivity index (χ2v) is 5.07. The van der Waals surface area contributed by atoms with Crippen LogP contribution >= 0.6 is 0 Å². The number of hydrogen-bond acceptors (Lipinski definition) is 5. The maximum atomic E-state index is 13.7. The summed E-state index contributed by atoms with van der Waals surface area (Å²) in [6, 6.07) is 5.23. The van der Waals surface area contributed by atoms with Crippen molar-refractivity contribution in [3.05, 3.63) is 35.1 Å². The first-order chi connectivity index (χ1) is 10.5. The predicted molar refractivity (Wildman–Crippen MR) is 75.5 cm³/mol. The first-order valence-electron chi connectivity index (χ1n) is 6.84. The van der Waals surface area contributed by atoms with E-state index < -0.39 is 18.4 Å². The third-order valence-electron chi connectivity index (χ3n) is 3.50. The van der Waals surface area contributed by atoms with Crippen LogP contribution in [-0.2, 0) is 9.53 Å². The van der Waals surface area contributed by atoms with Crippen molar-refractivity contribution in [1.29, 1.82) is 5.26 Å². The number of ether oxygens (including phenoxy) is 1. The summed E-state index contributed by atoms with van der Waals surface area (Å²) in [5.74, 6) is -2.05. The van der Waals surface area contributed by atoms with Crippen LogP contribution in [0.2, 0.25) is 0 Å². The molecule has 0 unspecified atom stereocenters. The van der Waals surface area contributed by atoms with E-state index in [9.17, 15) is 14.0 Å². The van der Waals surface area contributed by atoms with Crippen LogP contribution < -0.4 is 0 Å². The van der Waals surface area contributed by atoms with E-state index in [1.807, 2.05) is 7.05 Å². The molecular weight excluding hydrogens is 289 g/mol. The monoisotopic (exact) mass is 305 g/mol. The van der Waals surface area contributed by atoms with Gasteiger partial charge in [0.25, 0.3) is 5.91 Å². The summed E-state index contributed by atoms with van der Waals surface area (Å²) in [6.45, 7) is 2.28. The van der Waals surface area contributed by atoms with E-state index in [-0.39, 0.29) is 17.0 Å². The van der Waals surface area contributed by atoms with Crippen LogP contribution in [-0.4, -0.2) is 61.5 Å². The molecule has 1 heterocycles. The second-order valence-electron chi connectivity index (χ2n) is 5.07. The Morgan fingerprint density at radius 1 is 1.32 bits per heavy atom. The number of nitrogens with zero attached hydrogens (tertiary/aromatic N) is 3. The van der Waals surface area contributed by atoms with Gasteiger partial charge >= 0.3 is 5.97 Å². The van der Waals surface area contributed by atoms with Gasteiger partial charge in [0.2, 0.25) is 0 Å². The van der Waals surface area contributed by atoms with Gasteiger partial charge in [0, 0.05) is 26.2 Å². The van der Waals surface area contributed by atoms with Gasteiger partial charge < -0.3 is 14.5 Å². The molecule has 1 aliphatic rings. The van der Waals surface area contributed by atoms with E-state index in [0.717, 1.165) is 19.2 Å². The largest absolute Gasteiger partial charge is 0.452 e. The van der Waals surface area contributed by atoms with Crippen LogP contribution in [0, 0.1) is 17.1 Å². The highest BCUT2D eigenvalue weighted by Gasteiger charge is 2.21. The zero-order chi connectivity index (χ0) is 16.1. The Balaban J connectivity index is 1.90. The molecule has 1 amide bonds. The van der Waals surface area contributed by atoms with Crippen molar-refractivity contribution in [2.24, 2.45) is 0 Å². The lowest BCUT2D eigenvalue weighted by molar-refractivity contribution is -0.136. The smallest absolute Gasteiger partial charge is 0.341 e. The Bertz CT molecular complexity index is 619. The molecular formula is C15H16FN3O3. The predicted octanol–water partition coefficient (Wildman–Crippen LogP) is 0.628. The molecule has 7 heteroatoms. The molecule has 22 heavy (non-hydrogen) atoms. The summed E-state index contributed by atoms with van der Waals surface area (Å²) in [7, 11) is 1.97. The van der Waals surface area contributed by atoms with Crippen molar-refractivity contribution in [3.8, 4) is 6.07 Å². The minimum atomic E-state index is -0.913. The van der Waals surface area contributed by atoms with Crippen LogP contribution in [0.1, 0.15) is 15.9 Å². The molecule has 1 saturated heterocycles. The first kappa shape index (κ1) is 15.9. The normalized spacial score (nSPS) is 15.2. The number of carbonyl (C=O) groups is 2. The highest BCUT2D eigenvalue weighted by molar-refractivity contribution is 5.91. The molecule has 0 aliphatic carbocycles. The first-order valence-corrected chi connectivity index (χ1v) is 6.84. The van der Waals surface area contributed by atoms with Crippen molar-refractivity contribution in [2.75, 3.05) is 39.8 Å². The van der Waals surface area contributed by atoms with Crippen molar-refractivity contribution in [1.82, 2.24) is 9.80 Å². The van der Waals surface area contributed by atoms with Gasteiger partial charge in [0.1, 0.15) is 5.82 Å². The van der Waals surface area contributed by atoms with E-state index in [2.05, 4.69) is 4.90 Å². The van der Waals surface area contributed by atoms with Crippen LogP contribution in [0.15, 0.2) is 18.2 Å². The third-order valence-corrected chi connectivity index (χ3v) is 3.50. The second kappa shape index (κ2) is 7.00. The number of rotatable bonds is 3. The summed E-state index contributed by atoms with van der Waals surface area (Å²) < 4.78 is 18.5. The van der Waals surface area contributed by atoms with Gasteiger partial charge in [-0.1, -0.05) is 0 Å². The number of likely N-dealkylation sites (N-methyl/N-ethyl adjacent to an activating group) is 1. The van der Waals surface area contributed by atoms with Gasteiger partial charge in [-0.15, -0.1) is 0 Å². The molecule has 0 atom stereocenters. The summed E-state index contributed by atoms with van der Waals surface area (Å²) >= 11 is 0. The average Bonchev–Trinajstić information content (AvgIpc) is 2.52. The van der Waals surface area contributed by atoms with E-state index >= 15 is 0 Å². The lowest BCUT2D eigenvalue weighted by atomic mass is 10.1. The molecule has 0 spiro atoms. The Morgan fingerprint density at radius 2 is 2.00 bits per heavy atom. The average molecular weight is 305 g/mol. The zero-order valence-corrected chi connectivity index (χ0v) is 12.2. The lowest BCUT2D eigenvalue weighted by Crippen LogP contribution is -2.48. The number of piperazine rings is 1. The topological polar surface area (TPSA) is 73.6 Å². The van der Waals surface area contributed by atoms with E-state index in [1.54, 1.807) is 11.0 Å². The number of carbonyl (C=O) groups excluding carboxylic acids is 2. The molecule has 1 fully saturated rings. The molecule has 116 valence electrons. The maximum Gasteiger partial charge on any atom is 0.341 e. The number of amides is 1. The van der Waals surface area contributed by atoms with Crippen molar-refractivity contribution >= 4 is 11.9 Å². The Morgan fingerprint density at radius 3 is 2.59 bits per heavy atom. The summed E-state index contributed by atoms with van der Waals surface area (Å²) in [5, 5.41) is 8.64. The quantitative estimate of drug-likeness (QED) is 0.766. The molecule has 0 aromatic heterocycles. The fourth-order valence-corrected chi connectivity index (χ4v) is 2.10. The van der Waals surface area contributed by atoms with Gasteiger partial charge in [-0.2, -0.15) is 5.26 Å². The molecule has 1 aliphatic heterocycles. The van der Waals surface area contributed by atoms with Crippen molar-refractivity contribution in [2.45, 2.75) is 0 Å². The van der Waals surface area contributed by atoms with E-state index in [0.29, 0.717) is 13.1 Å². The van der Waals surface area contributed by atoms with Crippen molar-refractivity contribution < 1.29 is 18.7 Å². The minimum absolute atomic E-state index is 0.113. The number of hydrogen-bond donors (Lipinski definition) is 0. The highest BCUT2D eigenvalue weighted by atomic mass is 19.1. The molecule has 2 rings (SSSR count). The fourth-order valence-electron chi connectivity index (χ4n) is 2.10.